The summed E-state index contributed by atoms with van der Waals surface area (Å²) in [5, 5.41) is 3.83. The minimum Gasteiger partial charge on any atom is -0.497 e. The van der Waals surface area contributed by atoms with E-state index in [1.165, 1.54) is 0 Å². The van der Waals surface area contributed by atoms with E-state index < -0.39 is 0 Å². The van der Waals surface area contributed by atoms with Crippen LogP contribution >= 0.6 is 11.6 Å². The van der Waals surface area contributed by atoms with Crippen LogP contribution < -0.4 is 14.8 Å². The second-order valence-electron chi connectivity index (χ2n) is 4.40. The largest absolute Gasteiger partial charge is 0.497 e. The van der Waals surface area contributed by atoms with Gasteiger partial charge in [-0.15, -0.1) is 0 Å². The van der Waals surface area contributed by atoms with Gasteiger partial charge in [-0.3, -0.25) is 0 Å². The van der Waals surface area contributed by atoms with E-state index in [9.17, 15) is 0 Å². The summed E-state index contributed by atoms with van der Waals surface area (Å²) in [5.74, 6) is 1.58. The molecule has 0 atom stereocenters. The molecule has 20 heavy (non-hydrogen) atoms. The first-order chi connectivity index (χ1) is 9.69. The topological polar surface area (TPSA) is 30.5 Å². The molecule has 0 radical (unpaired) electrons. The Morgan fingerprint density at radius 3 is 2.45 bits per heavy atom. The van der Waals surface area contributed by atoms with Crippen molar-refractivity contribution in [1.29, 1.82) is 0 Å². The van der Waals surface area contributed by atoms with E-state index in [1.807, 2.05) is 43.4 Å². The molecule has 2 aromatic carbocycles. The second-order valence-corrected chi connectivity index (χ2v) is 4.81. The predicted octanol–water partition coefficient (Wildman–Crippen LogP) is 3.74. The van der Waals surface area contributed by atoms with Crippen LogP contribution in [-0.4, -0.2) is 21.3 Å². The Balaban J connectivity index is 2.47. The number of halogens is 1. The lowest BCUT2D eigenvalue weighted by molar-refractivity contribution is 0.404. The highest BCUT2D eigenvalue weighted by molar-refractivity contribution is 6.31. The molecule has 0 aliphatic heterocycles. The van der Waals surface area contributed by atoms with Gasteiger partial charge in [0.25, 0.3) is 0 Å². The molecule has 2 rings (SSSR count). The average molecular weight is 292 g/mol. The summed E-state index contributed by atoms with van der Waals surface area (Å²) in [4.78, 5) is 0. The van der Waals surface area contributed by atoms with Crippen molar-refractivity contribution < 1.29 is 9.47 Å². The molecule has 0 aromatic heterocycles. The first-order valence-electron chi connectivity index (χ1n) is 6.35. The van der Waals surface area contributed by atoms with E-state index >= 15 is 0 Å². The lowest BCUT2D eigenvalue weighted by Crippen LogP contribution is -2.05. The van der Waals surface area contributed by atoms with Crippen LogP contribution in [0.4, 0.5) is 0 Å². The Hall–Kier alpha value is -1.71. The van der Waals surface area contributed by atoms with E-state index in [2.05, 4.69) is 5.32 Å². The van der Waals surface area contributed by atoms with Gasteiger partial charge in [0, 0.05) is 17.1 Å². The summed E-state index contributed by atoms with van der Waals surface area (Å²) in [6, 6.07) is 11.7. The van der Waals surface area contributed by atoms with Crippen LogP contribution in [0, 0.1) is 0 Å². The van der Waals surface area contributed by atoms with Crippen molar-refractivity contribution in [1.82, 2.24) is 5.32 Å². The quantitative estimate of drug-likeness (QED) is 0.910. The zero-order valence-corrected chi connectivity index (χ0v) is 12.6. The fraction of sp³-hybridized carbons (Fsp3) is 0.250. The lowest BCUT2D eigenvalue weighted by atomic mass is 10.0. The maximum absolute atomic E-state index is 6.32. The van der Waals surface area contributed by atoms with Crippen LogP contribution in [0.5, 0.6) is 11.5 Å². The standard InChI is InChI=1S/C16H18ClNO2/c1-18-10-12-5-4-11(8-15(12)17)14-9-13(19-2)6-7-16(14)20-3/h4-9,18H,10H2,1-3H3. The molecule has 0 amide bonds. The number of nitrogens with one attached hydrogen (secondary N) is 1. The Morgan fingerprint density at radius 2 is 1.85 bits per heavy atom. The number of benzene rings is 2. The van der Waals surface area contributed by atoms with Gasteiger partial charge in [0.05, 0.1) is 14.2 Å². The molecular formula is C16H18ClNO2. The molecule has 1 N–H and O–H groups in total. The smallest absolute Gasteiger partial charge is 0.126 e. The van der Waals surface area contributed by atoms with Gasteiger partial charge in [-0.2, -0.15) is 0 Å². The molecule has 0 bridgehead atoms. The van der Waals surface area contributed by atoms with Crippen LogP contribution in [0.1, 0.15) is 5.56 Å². The third-order valence-electron chi connectivity index (χ3n) is 3.14. The summed E-state index contributed by atoms with van der Waals surface area (Å²) in [6.45, 7) is 0.744. The highest BCUT2D eigenvalue weighted by atomic mass is 35.5. The minimum atomic E-state index is 0.738. The van der Waals surface area contributed by atoms with Crippen molar-refractivity contribution in [2.45, 2.75) is 6.54 Å². The number of methoxy groups -OCH3 is 2. The molecule has 0 heterocycles. The zero-order valence-electron chi connectivity index (χ0n) is 11.9. The van der Waals surface area contributed by atoms with Gasteiger partial charge in [0.2, 0.25) is 0 Å². The second kappa shape index (κ2) is 6.64. The first-order valence-corrected chi connectivity index (χ1v) is 6.72. The van der Waals surface area contributed by atoms with E-state index in [-0.39, 0.29) is 0 Å². The Bertz CT molecular complexity index is 599. The number of hydrogen-bond donors (Lipinski definition) is 1. The monoisotopic (exact) mass is 291 g/mol. The van der Waals surface area contributed by atoms with E-state index in [0.717, 1.165) is 39.8 Å². The molecule has 3 nitrogen and oxygen atoms in total. The highest BCUT2D eigenvalue weighted by Gasteiger charge is 2.09. The van der Waals surface area contributed by atoms with Crippen LogP contribution in [0.3, 0.4) is 0 Å². The molecule has 4 heteroatoms. The summed E-state index contributed by atoms with van der Waals surface area (Å²) in [7, 11) is 5.20. The number of ether oxygens (including phenoxy) is 2. The maximum Gasteiger partial charge on any atom is 0.126 e. The van der Waals surface area contributed by atoms with Crippen molar-refractivity contribution in [2.75, 3.05) is 21.3 Å². The van der Waals surface area contributed by atoms with Crippen molar-refractivity contribution in [3.8, 4) is 22.6 Å². The summed E-state index contributed by atoms with van der Waals surface area (Å²) >= 11 is 6.32. The Labute approximate surface area is 124 Å². The van der Waals surface area contributed by atoms with Crippen molar-refractivity contribution in [3.63, 3.8) is 0 Å². The third kappa shape index (κ3) is 3.06. The maximum atomic E-state index is 6.32. The van der Waals surface area contributed by atoms with Gasteiger partial charge in [0.1, 0.15) is 11.5 Å². The fourth-order valence-corrected chi connectivity index (χ4v) is 2.34. The van der Waals surface area contributed by atoms with Gasteiger partial charge < -0.3 is 14.8 Å². The molecule has 0 saturated carbocycles. The van der Waals surface area contributed by atoms with Crippen molar-refractivity contribution >= 4 is 11.6 Å². The Morgan fingerprint density at radius 1 is 1.05 bits per heavy atom. The highest BCUT2D eigenvalue weighted by Crippen LogP contribution is 2.35. The molecule has 0 aliphatic carbocycles. The van der Waals surface area contributed by atoms with Gasteiger partial charge in [-0.05, 0) is 42.4 Å². The molecule has 2 aromatic rings. The number of rotatable bonds is 5. The summed E-state index contributed by atoms with van der Waals surface area (Å²) in [6.07, 6.45) is 0. The van der Waals surface area contributed by atoms with Gasteiger partial charge in [-0.1, -0.05) is 23.7 Å². The summed E-state index contributed by atoms with van der Waals surface area (Å²) in [5.41, 5.74) is 3.04. The van der Waals surface area contributed by atoms with Gasteiger partial charge in [-0.25, -0.2) is 0 Å². The SMILES string of the molecule is CNCc1ccc(-c2cc(OC)ccc2OC)cc1Cl. The van der Waals surface area contributed by atoms with Gasteiger partial charge >= 0.3 is 0 Å². The normalized spacial score (nSPS) is 10.4. The molecule has 0 unspecified atom stereocenters. The lowest BCUT2D eigenvalue weighted by Gasteiger charge is -2.12. The van der Waals surface area contributed by atoms with Crippen LogP contribution in [0.25, 0.3) is 11.1 Å². The molecular weight excluding hydrogens is 274 g/mol. The van der Waals surface area contributed by atoms with Gasteiger partial charge in [0.15, 0.2) is 0 Å². The minimum absolute atomic E-state index is 0.738. The molecule has 0 spiro atoms. The molecule has 106 valence electrons. The van der Waals surface area contributed by atoms with E-state index in [1.54, 1.807) is 14.2 Å². The fourth-order valence-electron chi connectivity index (χ4n) is 2.09. The molecule has 0 aliphatic rings. The van der Waals surface area contributed by atoms with Crippen LogP contribution in [0.2, 0.25) is 5.02 Å². The molecule has 0 fully saturated rings. The zero-order chi connectivity index (χ0) is 14.5. The first kappa shape index (κ1) is 14.7. The predicted molar refractivity (Wildman–Crippen MR) is 82.8 cm³/mol. The number of hydrogen-bond acceptors (Lipinski definition) is 3. The van der Waals surface area contributed by atoms with Crippen LogP contribution in [0.15, 0.2) is 36.4 Å². The van der Waals surface area contributed by atoms with E-state index in [4.69, 9.17) is 21.1 Å². The van der Waals surface area contributed by atoms with Crippen molar-refractivity contribution in [2.24, 2.45) is 0 Å². The van der Waals surface area contributed by atoms with Crippen molar-refractivity contribution in [3.05, 3.63) is 47.0 Å². The third-order valence-corrected chi connectivity index (χ3v) is 3.49. The average Bonchev–Trinajstić information content (AvgIpc) is 2.48. The molecule has 0 saturated heterocycles. The van der Waals surface area contributed by atoms with E-state index in [0.29, 0.717) is 0 Å². The Kier molecular flexibility index (Phi) is 4.88. The van der Waals surface area contributed by atoms with Crippen LogP contribution in [-0.2, 0) is 6.54 Å². The summed E-state index contributed by atoms with van der Waals surface area (Å²) < 4.78 is 10.7.